The summed E-state index contributed by atoms with van der Waals surface area (Å²) in [6, 6.07) is 12.1. The Hall–Kier alpha value is -3.28. The van der Waals surface area contributed by atoms with E-state index in [1.165, 1.54) is 0 Å². The maximum absolute atomic E-state index is 12.5. The van der Waals surface area contributed by atoms with Crippen molar-refractivity contribution in [2.75, 3.05) is 20.2 Å². The molecule has 6 heteroatoms. The van der Waals surface area contributed by atoms with Gasteiger partial charge in [-0.1, -0.05) is 12.1 Å². The van der Waals surface area contributed by atoms with Gasteiger partial charge in [0, 0.05) is 19.2 Å². The average molecular weight is 367 g/mol. The number of carbonyl (C=O) groups is 2. The molecule has 1 aliphatic heterocycles. The van der Waals surface area contributed by atoms with E-state index in [9.17, 15) is 9.59 Å². The van der Waals surface area contributed by atoms with Crippen molar-refractivity contribution in [1.82, 2.24) is 4.90 Å². The minimum atomic E-state index is -0.434. The van der Waals surface area contributed by atoms with Gasteiger partial charge in [-0.3, -0.25) is 4.79 Å². The molecule has 0 bridgehead atoms. The van der Waals surface area contributed by atoms with Crippen LogP contribution in [0.4, 0.5) is 4.79 Å². The van der Waals surface area contributed by atoms with Gasteiger partial charge in [-0.15, -0.1) is 0 Å². The first-order valence-corrected chi connectivity index (χ1v) is 8.74. The van der Waals surface area contributed by atoms with Crippen LogP contribution in [0.5, 0.6) is 17.2 Å². The van der Waals surface area contributed by atoms with Gasteiger partial charge in [0.15, 0.2) is 5.76 Å². The van der Waals surface area contributed by atoms with E-state index in [1.54, 1.807) is 36.3 Å². The number of carbonyl (C=O) groups excluding carboxylic acids is 2. The summed E-state index contributed by atoms with van der Waals surface area (Å²) in [6.07, 6.45) is 1.23. The molecule has 0 aliphatic carbocycles. The number of benzene rings is 2. The molecule has 0 saturated carbocycles. The van der Waals surface area contributed by atoms with E-state index in [-0.39, 0.29) is 11.5 Å². The highest BCUT2D eigenvalue weighted by molar-refractivity contribution is 6.14. The van der Waals surface area contributed by atoms with Gasteiger partial charge < -0.3 is 19.1 Å². The SMILES string of the molecule is CCN(CC)C(=O)Oc1ccc2c(c1)O/C(=C/c1cccc(OC)c1)C2=O. The molecule has 0 radical (unpaired) electrons. The van der Waals surface area contributed by atoms with Crippen LogP contribution >= 0.6 is 0 Å². The predicted octanol–water partition coefficient (Wildman–Crippen LogP) is 4.15. The molecular formula is C21H21NO5. The summed E-state index contributed by atoms with van der Waals surface area (Å²) in [5, 5.41) is 0. The first-order chi connectivity index (χ1) is 13.0. The fraction of sp³-hybridized carbons (Fsp3) is 0.238. The lowest BCUT2D eigenvalue weighted by atomic mass is 10.1. The molecule has 0 unspecified atom stereocenters. The fourth-order valence-electron chi connectivity index (χ4n) is 2.76. The molecule has 0 aromatic heterocycles. The van der Waals surface area contributed by atoms with Gasteiger partial charge in [-0.25, -0.2) is 4.79 Å². The first-order valence-electron chi connectivity index (χ1n) is 8.74. The fourth-order valence-corrected chi connectivity index (χ4v) is 2.76. The molecule has 1 amide bonds. The van der Waals surface area contributed by atoms with E-state index in [2.05, 4.69) is 0 Å². The van der Waals surface area contributed by atoms with E-state index < -0.39 is 6.09 Å². The zero-order valence-corrected chi connectivity index (χ0v) is 15.5. The molecule has 0 atom stereocenters. The third-order valence-corrected chi connectivity index (χ3v) is 4.26. The van der Waals surface area contributed by atoms with Crippen molar-refractivity contribution < 1.29 is 23.8 Å². The topological polar surface area (TPSA) is 65.1 Å². The van der Waals surface area contributed by atoms with Gasteiger partial charge in [-0.05, 0) is 49.8 Å². The van der Waals surface area contributed by atoms with Gasteiger partial charge in [0.1, 0.15) is 17.2 Å². The number of fused-ring (bicyclic) bond motifs is 1. The lowest BCUT2D eigenvalue weighted by Gasteiger charge is -2.17. The zero-order chi connectivity index (χ0) is 19.4. The Balaban J connectivity index is 1.81. The lowest BCUT2D eigenvalue weighted by molar-refractivity contribution is 0.101. The average Bonchev–Trinajstić information content (AvgIpc) is 2.98. The Morgan fingerprint density at radius 1 is 1.11 bits per heavy atom. The van der Waals surface area contributed by atoms with Crippen LogP contribution in [0.15, 0.2) is 48.2 Å². The van der Waals surface area contributed by atoms with Gasteiger partial charge in [0.25, 0.3) is 0 Å². The number of allylic oxidation sites excluding steroid dienone is 1. The number of rotatable bonds is 5. The second kappa shape index (κ2) is 7.95. The summed E-state index contributed by atoms with van der Waals surface area (Å²) in [6.45, 7) is 4.88. The number of Topliss-reactive ketones (excluding diaryl/α,β-unsaturated/α-hetero) is 1. The number of hydrogen-bond donors (Lipinski definition) is 0. The molecular weight excluding hydrogens is 346 g/mol. The van der Waals surface area contributed by atoms with E-state index in [4.69, 9.17) is 14.2 Å². The molecule has 0 N–H and O–H groups in total. The van der Waals surface area contributed by atoms with Crippen molar-refractivity contribution in [3.05, 3.63) is 59.4 Å². The smallest absolute Gasteiger partial charge is 0.415 e. The van der Waals surface area contributed by atoms with Gasteiger partial charge >= 0.3 is 6.09 Å². The summed E-state index contributed by atoms with van der Waals surface area (Å²) >= 11 is 0. The molecule has 27 heavy (non-hydrogen) atoms. The molecule has 2 aromatic carbocycles. The normalized spacial score (nSPS) is 13.9. The van der Waals surface area contributed by atoms with Crippen LogP contribution in [0.1, 0.15) is 29.8 Å². The van der Waals surface area contributed by atoms with Crippen molar-refractivity contribution in [2.45, 2.75) is 13.8 Å². The third kappa shape index (κ3) is 3.95. The molecule has 6 nitrogen and oxygen atoms in total. The minimum absolute atomic E-state index is 0.213. The van der Waals surface area contributed by atoms with Crippen LogP contribution in [0.3, 0.4) is 0 Å². The molecule has 1 heterocycles. The van der Waals surface area contributed by atoms with Gasteiger partial charge in [-0.2, -0.15) is 0 Å². The quantitative estimate of drug-likeness (QED) is 0.743. The second-order valence-electron chi connectivity index (χ2n) is 5.91. The molecule has 0 saturated heterocycles. The Labute approximate surface area is 158 Å². The Morgan fingerprint density at radius 3 is 2.59 bits per heavy atom. The van der Waals surface area contributed by atoms with Gasteiger partial charge in [0.2, 0.25) is 5.78 Å². The van der Waals surface area contributed by atoms with Crippen LogP contribution in [0, 0.1) is 0 Å². The van der Waals surface area contributed by atoms with Crippen molar-refractivity contribution in [3.63, 3.8) is 0 Å². The highest BCUT2D eigenvalue weighted by Gasteiger charge is 2.28. The largest absolute Gasteiger partial charge is 0.497 e. The van der Waals surface area contributed by atoms with Crippen LogP contribution in [0.2, 0.25) is 0 Å². The van der Waals surface area contributed by atoms with Crippen molar-refractivity contribution in [2.24, 2.45) is 0 Å². The molecule has 2 aromatic rings. The molecule has 1 aliphatic rings. The summed E-state index contributed by atoms with van der Waals surface area (Å²) in [7, 11) is 1.58. The zero-order valence-electron chi connectivity index (χ0n) is 15.5. The number of hydrogen-bond acceptors (Lipinski definition) is 5. The standard InChI is InChI=1S/C21H21NO5/c1-4-22(5-2)21(24)26-16-9-10-17-18(13-16)27-19(20(17)23)12-14-7-6-8-15(11-14)25-3/h6-13H,4-5H2,1-3H3/b19-12+. The first kappa shape index (κ1) is 18.5. The monoisotopic (exact) mass is 367 g/mol. The number of ketones is 1. The predicted molar refractivity (Wildman–Crippen MR) is 101 cm³/mol. The van der Waals surface area contributed by atoms with E-state index in [0.29, 0.717) is 35.9 Å². The summed E-state index contributed by atoms with van der Waals surface area (Å²) in [5.74, 6) is 1.40. The molecule has 0 fully saturated rings. The molecule has 140 valence electrons. The lowest BCUT2D eigenvalue weighted by Crippen LogP contribution is -2.33. The number of nitrogens with zero attached hydrogens (tertiary/aromatic N) is 1. The maximum atomic E-state index is 12.5. The molecule has 0 spiro atoms. The van der Waals surface area contributed by atoms with E-state index in [0.717, 1.165) is 5.56 Å². The van der Waals surface area contributed by atoms with Crippen LogP contribution in [0.25, 0.3) is 6.08 Å². The summed E-state index contributed by atoms with van der Waals surface area (Å²) < 4.78 is 16.3. The number of methoxy groups -OCH3 is 1. The van der Waals surface area contributed by atoms with Crippen molar-refractivity contribution >= 4 is 18.0 Å². The highest BCUT2D eigenvalue weighted by atomic mass is 16.6. The maximum Gasteiger partial charge on any atom is 0.415 e. The van der Waals surface area contributed by atoms with Crippen molar-refractivity contribution in [1.29, 1.82) is 0 Å². The Kier molecular flexibility index (Phi) is 5.45. The van der Waals surface area contributed by atoms with Crippen LogP contribution in [-0.4, -0.2) is 37.0 Å². The Bertz CT molecular complexity index is 899. The number of ether oxygens (including phenoxy) is 3. The number of amides is 1. The van der Waals surface area contributed by atoms with Crippen LogP contribution < -0.4 is 14.2 Å². The van der Waals surface area contributed by atoms with Crippen LogP contribution in [-0.2, 0) is 0 Å². The van der Waals surface area contributed by atoms with Gasteiger partial charge in [0.05, 0.1) is 12.7 Å². The second-order valence-corrected chi connectivity index (χ2v) is 5.91. The molecule has 3 rings (SSSR count). The minimum Gasteiger partial charge on any atom is -0.497 e. The third-order valence-electron chi connectivity index (χ3n) is 4.26. The summed E-state index contributed by atoms with van der Waals surface area (Å²) in [5.41, 5.74) is 1.23. The highest BCUT2D eigenvalue weighted by Crippen LogP contribution is 2.35. The van der Waals surface area contributed by atoms with E-state index >= 15 is 0 Å². The van der Waals surface area contributed by atoms with Crippen molar-refractivity contribution in [3.8, 4) is 17.2 Å². The summed E-state index contributed by atoms with van der Waals surface area (Å²) in [4.78, 5) is 26.2. The van der Waals surface area contributed by atoms with E-state index in [1.807, 2.05) is 38.1 Å². The Morgan fingerprint density at radius 2 is 1.89 bits per heavy atom.